The number of rotatable bonds is 6. The van der Waals surface area contributed by atoms with Gasteiger partial charge in [0.15, 0.2) is 5.78 Å². The second-order valence-corrected chi connectivity index (χ2v) is 9.02. The summed E-state index contributed by atoms with van der Waals surface area (Å²) in [7, 11) is -2.06. The minimum atomic E-state index is -3.47. The quantitative estimate of drug-likeness (QED) is 0.477. The van der Waals surface area contributed by atoms with Gasteiger partial charge in [0, 0.05) is 28.4 Å². The van der Waals surface area contributed by atoms with Gasteiger partial charge in [0.05, 0.1) is 18.6 Å². The molecule has 1 aliphatic rings. The van der Waals surface area contributed by atoms with Gasteiger partial charge in [-0.2, -0.15) is 0 Å². The summed E-state index contributed by atoms with van der Waals surface area (Å²) in [5.41, 5.74) is 3.85. The standard InChI is InChI=1S/C23H20N2O5S/c1-3-31(28,29)25-20-11-9-15(13-21(20)30-2)24-23(27)14-8-10-17-16-6-4-5-7-18(16)22(26)19(17)12-14/h4-13,25H,3H2,1-2H3,(H,24,27). The van der Waals surface area contributed by atoms with Gasteiger partial charge in [-0.25, -0.2) is 8.42 Å². The first-order valence-corrected chi connectivity index (χ1v) is 11.3. The summed E-state index contributed by atoms with van der Waals surface area (Å²) < 4.78 is 31.3. The summed E-state index contributed by atoms with van der Waals surface area (Å²) in [6.07, 6.45) is 0. The van der Waals surface area contributed by atoms with Crippen LogP contribution < -0.4 is 14.8 Å². The lowest BCUT2D eigenvalue weighted by Crippen LogP contribution is -2.16. The highest BCUT2D eigenvalue weighted by Gasteiger charge is 2.27. The van der Waals surface area contributed by atoms with Gasteiger partial charge in [0.2, 0.25) is 10.0 Å². The summed E-state index contributed by atoms with van der Waals surface area (Å²) >= 11 is 0. The molecule has 0 saturated heterocycles. The van der Waals surface area contributed by atoms with E-state index in [1.165, 1.54) is 26.2 Å². The average Bonchev–Trinajstić information content (AvgIpc) is 3.06. The maximum atomic E-state index is 12.8. The predicted molar refractivity (Wildman–Crippen MR) is 119 cm³/mol. The monoisotopic (exact) mass is 436 g/mol. The van der Waals surface area contributed by atoms with Gasteiger partial charge in [-0.1, -0.05) is 30.3 Å². The smallest absolute Gasteiger partial charge is 0.255 e. The third kappa shape index (κ3) is 3.89. The molecule has 0 bridgehead atoms. The van der Waals surface area contributed by atoms with Gasteiger partial charge in [0.1, 0.15) is 5.75 Å². The molecule has 31 heavy (non-hydrogen) atoms. The molecule has 1 amide bonds. The molecular weight excluding hydrogens is 416 g/mol. The molecule has 0 atom stereocenters. The lowest BCUT2D eigenvalue weighted by molar-refractivity contribution is 0.102. The Labute approximate surface area is 180 Å². The lowest BCUT2D eigenvalue weighted by Gasteiger charge is -2.13. The average molecular weight is 436 g/mol. The highest BCUT2D eigenvalue weighted by molar-refractivity contribution is 7.92. The van der Waals surface area contributed by atoms with Gasteiger partial charge >= 0.3 is 0 Å². The molecule has 0 unspecified atom stereocenters. The van der Waals surface area contributed by atoms with Crippen LogP contribution in [0.5, 0.6) is 5.75 Å². The fourth-order valence-corrected chi connectivity index (χ4v) is 4.11. The molecule has 8 heteroatoms. The van der Waals surface area contributed by atoms with E-state index in [1.807, 2.05) is 18.2 Å². The predicted octanol–water partition coefficient (Wildman–Crippen LogP) is 3.92. The van der Waals surface area contributed by atoms with Crippen LogP contribution in [0.15, 0.2) is 60.7 Å². The third-order valence-electron chi connectivity index (χ3n) is 5.09. The van der Waals surface area contributed by atoms with Crippen molar-refractivity contribution in [1.82, 2.24) is 0 Å². The number of ketones is 1. The number of sulfonamides is 1. The maximum absolute atomic E-state index is 12.8. The summed E-state index contributed by atoms with van der Waals surface area (Å²) in [5.74, 6) is -0.297. The molecule has 0 aliphatic heterocycles. The van der Waals surface area contributed by atoms with Crippen molar-refractivity contribution in [3.8, 4) is 16.9 Å². The van der Waals surface area contributed by atoms with Crippen molar-refractivity contribution in [3.05, 3.63) is 77.4 Å². The fourth-order valence-electron chi connectivity index (χ4n) is 3.47. The van der Waals surface area contributed by atoms with Crippen LogP contribution in [0, 0.1) is 0 Å². The number of methoxy groups -OCH3 is 1. The number of carbonyl (C=O) groups is 2. The van der Waals surface area contributed by atoms with Crippen molar-refractivity contribution in [2.45, 2.75) is 6.92 Å². The van der Waals surface area contributed by atoms with E-state index in [1.54, 1.807) is 30.3 Å². The molecule has 0 radical (unpaired) electrons. The van der Waals surface area contributed by atoms with Crippen molar-refractivity contribution in [1.29, 1.82) is 0 Å². The first kappa shape index (κ1) is 20.6. The van der Waals surface area contributed by atoms with Crippen LogP contribution in [0.2, 0.25) is 0 Å². The molecule has 158 valence electrons. The number of ether oxygens (including phenoxy) is 1. The second kappa shape index (κ2) is 7.88. The van der Waals surface area contributed by atoms with E-state index in [9.17, 15) is 18.0 Å². The van der Waals surface area contributed by atoms with Crippen LogP contribution in [-0.2, 0) is 10.0 Å². The number of benzene rings is 3. The van der Waals surface area contributed by atoms with E-state index < -0.39 is 15.9 Å². The molecule has 3 aromatic carbocycles. The van der Waals surface area contributed by atoms with Crippen molar-refractivity contribution in [3.63, 3.8) is 0 Å². The van der Waals surface area contributed by atoms with E-state index in [0.29, 0.717) is 22.4 Å². The lowest BCUT2D eigenvalue weighted by atomic mass is 10.0. The Balaban J connectivity index is 1.58. The van der Waals surface area contributed by atoms with E-state index in [0.717, 1.165) is 11.1 Å². The highest BCUT2D eigenvalue weighted by atomic mass is 32.2. The van der Waals surface area contributed by atoms with Crippen molar-refractivity contribution < 1.29 is 22.7 Å². The Morgan fingerprint density at radius 1 is 0.935 bits per heavy atom. The molecular formula is C23H20N2O5S. The zero-order chi connectivity index (χ0) is 22.2. The zero-order valence-corrected chi connectivity index (χ0v) is 17.7. The Morgan fingerprint density at radius 3 is 2.35 bits per heavy atom. The van der Waals surface area contributed by atoms with Crippen LogP contribution in [0.1, 0.15) is 33.2 Å². The summed E-state index contributed by atoms with van der Waals surface area (Å²) in [6.45, 7) is 1.53. The summed E-state index contributed by atoms with van der Waals surface area (Å²) in [6, 6.07) is 17.0. The minimum Gasteiger partial charge on any atom is -0.494 e. The number of amides is 1. The van der Waals surface area contributed by atoms with E-state index in [2.05, 4.69) is 10.0 Å². The molecule has 1 aliphatic carbocycles. The molecule has 0 spiro atoms. The van der Waals surface area contributed by atoms with E-state index in [-0.39, 0.29) is 23.0 Å². The first-order valence-electron chi connectivity index (χ1n) is 9.61. The maximum Gasteiger partial charge on any atom is 0.255 e. The third-order valence-corrected chi connectivity index (χ3v) is 6.38. The van der Waals surface area contributed by atoms with Gasteiger partial charge in [0.25, 0.3) is 5.91 Å². The molecule has 7 nitrogen and oxygen atoms in total. The number of hydrogen-bond acceptors (Lipinski definition) is 5. The number of hydrogen-bond donors (Lipinski definition) is 2. The van der Waals surface area contributed by atoms with Crippen molar-refractivity contribution in [2.75, 3.05) is 22.9 Å². The highest BCUT2D eigenvalue weighted by Crippen LogP contribution is 2.37. The van der Waals surface area contributed by atoms with Crippen LogP contribution >= 0.6 is 0 Å². The number of carbonyl (C=O) groups excluding carboxylic acids is 2. The normalized spacial score (nSPS) is 12.1. The first-order chi connectivity index (χ1) is 14.8. The topological polar surface area (TPSA) is 102 Å². The van der Waals surface area contributed by atoms with Crippen molar-refractivity contribution in [2.24, 2.45) is 0 Å². The van der Waals surface area contributed by atoms with Gasteiger partial charge in [-0.15, -0.1) is 0 Å². The number of nitrogens with one attached hydrogen (secondary N) is 2. The Morgan fingerprint density at radius 2 is 1.65 bits per heavy atom. The van der Waals surface area contributed by atoms with Crippen LogP contribution in [-0.4, -0.2) is 33.0 Å². The fraction of sp³-hybridized carbons (Fsp3) is 0.130. The SMILES string of the molecule is CCS(=O)(=O)Nc1ccc(NC(=O)c2ccc3c(c2)C(=O)c2ccccc2-3)cc1OC. The molecule has 3 aromatic rings. The van der Waals surface area contributed by atoms with Gasteiger partial charge < -0.3 is 10.1 Å². The molecule has 2 N–H and O–H groups in total. The largest absolute Gasteiger partial charge is 0.494 e. The minimum absolute atomic E-state index is 0.0739. The molecule has 4 rings (SSSR count). The molecule has 0 heterocycles. The summed E-state index contributed by atoms with van der Waals surface area (Å²) in [5, 5.41) is 2.76. The Bertz CT molecular complexity index is 1320. The summed E-state index contributed by atoms with van der Waals surface area (Å²) in [4.78, 5) is 25.5. The Kier molecular flexibility index (Phi) is 5.24. The van der Waals surface area contributed by atoms with Crippen molar-refractivity contribution >= 4 is 33.1 Å². The Hall–Kier alpha value is -3.65. The number of anilines is 2. The van der Waals surface area contributed by atoms with Crippen LogP contribution in [0.3, 0.4) is 0 Å². The molecule has 0 saturated carbocycles. The van der Waals surface area contributed by atoms with Crippen LogP contribution in [0.4, 0.5) is 11.4 Å². The molecule has 0 fully saturated rings. The van der Waals surface area contributed by atoms with E-state index in [4.69, 9.17) is 4.74 Å². The number of fused-ring (bicyclic) bond motifs is 3. The van der Waals surface area contributed by atoms with E-state index >= 15 is 0 Å². The van der Waals surface area contributed by atoms with Crippen LogP contribution in [0.25, 0.3) is 11.1 Å². The molecule has 0 aromatic heterocycles. The second-order valence-electron chi connectivity index (χ2n) is 7.01. The zero-order valence-electron chi connectivity index (χ0n) is 16.9. The van der Waals surface area contributed by atoms with Gasteiger partial charge in [-0.3, -0.25) is 14.3 Å². The van der Waals surface area contributed by atoms with Gasteiger partial charge in [-0.05, 0) is 42.3 Å².